The molecular weight excluding hydrogens is 274 g/mol. The van der Waals surface area contributed by atoms with E-state index in [0.717, 1.165) is 13.0 Å². The van der Waals surface area contributed by atoms with Crippen LogP contribution in [0.5, 0.6) is 0 Å². The van der Waals surface area contributed by atoms with Gasteiger partial charge < -0.3 is 5.32 Å². The number of halogens is 1. The summed E-state index contributed by atoms with van der Waals surface area (Å²) < 4.78 is 1.36. The minimum atomic E-state index is 0.237. The third-order valence-electron chi connectivity index (χ3n) is 3.54. The second kappa shape index (κ2) is 6.25. The predicted octanol–water partition coefficient (Wildman–Crippen LogP) is 5.03. The average Bonchev–Trinajstić information content (AvgIpc) is 2.76. The van der Waals surface area contributed by atoms with Gasteiger partial charge in [-0.25, -0.2) is 0 Å². The molecule has 1 N–H and O–H groups in total. The Morgan fingerprint density at radius 2 is 2.00 bits per heavy atom. The van der Waals surface area contributed by atoms with Crippen LogP contribution in [0.2, 0.25) is 0 Å². The number of alkyl halides is 1. The molecule has 1 heterocycles. The van der Waals surface area contributed by atoms with Crippen LogP contribution in [0.25, 0.3) is 10.1 Å². The van der Waals surface area contributed by atoms with E-state index in [1.807, 2.05) is 11.3 Å². The van der Waals surface area contributed by atoms with E-state index in [9.17, 15) is 0 Å². The third kappa shape index (κ3) is 3.71. The van der Waals surface area contributed by atoms with Crippen molar-refractivity contribution < 1.29 is 0 Å². The lowest BCUT2D eigenvalue weighted by Crippen LogP contribution is -2.40. The van der Waals surface area contributed by atoms with Crippen molar-refractivity contribution in [2.45, 2.75) is 39.8 Å². The number of benzene rings is 1. The number of thiophene rings is 1. The Labute approximate surface area is 125 Å². The molecule has 2 rings (SSSR count). The minimum absolute atomic E-state index is 0.237. The Balaban J connectivity index is 2.08. The van der Waals surface area contributed by atoms with Crippen molar-refractivity contribution >= 4 is 33.0 Å². The lowest BCUT2D eigenvalue weighted by molar-refractivity contribution is 0.261. The van der Waals surface area contributed by atoms with Gasteiger partial charge in [0.05, 0.1) is 0 Å². The third-order valence-corrected chi connectivity index (χ3v) is 4.77. The smallest absolute Gasteiger partial charge is 0.0346 e. The minimum Gasteiger partial charge on any atom is -0.309 e. The van der Waals surface area contributed by atoms with Gasteiger partial charge in [-0.15, -0.1) is 22.9 Å². The van der Waals surface area contributed by atoms with Gasteiger partial charge in [-0.3, -0.25) is 0 Å². The van der Waals surface area contributed by atoms with E-state index in [-0.39, 0.29) is 5.41 Å². The summed E-state index contributed by atoms with van der Waals surface area (Å²) in [6, 6.07) is 9.05. The Morgan fingerprint density at radius 3 is 2.68 bits per heavy atom. The summed E-state index contributed by atoms with van der Waals surface area (Å²) in [6.07, 6.45) is 1.01. The van der Waals surface area contributed by atoms with Gasteiger partial charge >= 0.3 is 0 Å². The van der Waals surface area contributed by atoms with Gasteiger partial charge in [0.2, 0.25) is 0 Å². The first-order valence-corrected chi connectivity index (χ1v) is 8.18. The number of hydrogen-bond donors (Lipinski definition) is 1. The number of hydrogen-bond acceptors (Lipinski definition) is 2. The maximum absolute atomic E-state index is 5.92. The maximum atomic E-state index is 5.92. The van der Waals surface area contributed by atoms with E-state index < -0.39 is 0 Å². The Bertz CT molecular complexity index is 527. The monoisotopic (exact) mass is 295 g/mol. The molecule has 1 aromatic heterocycles. The molecule has 104 valence electrons. The van der Waals surface area contributed by atoms with Gasteiger partial charge in [0.15, 0.2) is 0 Å². The van der Waals surface area contributed by atoms with Crippen molar-refractivity contribution in [3.8, 4) is 0 Å². The average molecular weight is 296 g/mol. The van der Waals surface area contributed by atoms with Crippen LogP contribution >= 0.6 is 22.9 Å². The highest BCUT2D eigenvalue weighted by Gasteiger charge is 2.23. The summed E-state index contributed by atoms with van der Waals surface area (Å²) in [7, 11) is 0. The lowest BCUT2D eigenvalue weighted by atomic mass is 9.85. The highest BCUT2D eigenvalue weighted by atomic mass is 35.5. The van der Waals surface area contributed by atoms with E-state index in [1.165, 1.54) is 15.6 Å². The van der Waals surface area contributed by atoms with Crippen LogP contribution in [0.4, 0.5) is 0 Å². The van der Waals surface area contributed by atoms with Gasteiger partial charge in [0, 0.05) is 23.2 Å². The molecule has 0 aliphatic heterocycles. The summed E-state index contributed by atoms with van der Waals surface area (Å²) in [5, 5.41) is 7.31. The standard InChI is InChI=1S/C16H22ClNS/c1-16(2,3)15(8-9-17)18-10-12-11-19-14-7-5-4-6-13(12)14/h4-7,11,15,18H,8-10H2,1-3H3. The molecule has 0 amide bonds. The van der Waals surface area contributed by atoms with Crippen LogP contribution < -0.4 is 5.32 Å². The molecule has 1 nitrogen and oxygen atoms in total. The second-order valence-corrected chi connectivity index (χ2v) is 7.32. The van der Waals surface area contributed by atoms with Crippen molar-refractivity contribution in [2.24, 2.45) is 5.41 Å². The van der Waals surface area contributed by atoms with Gasteiger partial charge in [-0.2, -0.15) is 0 Å². The van der Waals surface area contributed by atoms with Crippen LogP contribution in [0.1, 0.15) is 32.8 Å². The molecule has 0 aliphatic carbocycles. The topological polar surface area (TPSA) is 12.0 Å². The molecule has 3 heteroatoms. The fourth-order valence-corrected chi connectivity index (χ4v) is 3.53. The quantitative estimate of drug-likeness (QED) is 0.763. The van der Waals surface area contributed by atoms with Crippen LogP contribution in [0.15, 0.2) is 29.6 Å². The second-order valence-electron chi connectivity index (χ2n) is 6.03. The van der Waals surface area contributed by atoms with Crippen LogP contribution in [0, 0.1) is 5.41 Å². The molecular formula is C16H22ClNS. The van der Waals surface area contributed by atoms with E-state index in [2.05, 4.69) is 55.7 Å². The zero-order valence-corrected chi connectivity index (χ0v) is 13.4. The SMILES string of the molecule is CC(C)(C)C(CCCl)NCc1csc2ccccc12. The summed E-state index contributed by atoms with van der Waals surface area (Å²) in [4.78, 5) is 0. The molecule has 0 spiro atoms. The van der Waals surface area contributed by atoms with Gasteiger partial charge in [0.1, 0.15) is 0 Å². The van der Waals surface area contributed by atoms with Crippen molar-refractivity contribution in [2.75, 3.05) is 5.88 Å². The highest BCUT2D eigenvalue weighted by molar-refractivity contribution is 7.17. The molecule has 19 heavy (non-hydrogen) atoms. The van der Waals surface area contributed by atoms with Gasteiger partial charge in [-0.1, -0.05) is 39.0 Å². The van der Waals surface area contributed by atoms with E-state index in [1.54, 1.807) is 0 Å². The number of fused-ring (bicyclic) bond motifs is 1. The van der Waals surface area contributed by atoms with Gasteiger partial charge in [0.25, 0.3) is 0 Å². The van der Waals surface area contributed by atoms with Crippen molar-refractivity contribution in [1.82, 2.24) is 5.32 Å². The van der Waals surface area contributed by atoms with Crippen LogP contribution in [-0.2, 0) is 6.54 Å². The molecule has 1 atom stereocenters. The molecule has 0 bridgehead atoms. The summed E-state index contributed by atoms with van der Waals surface area (Å²) in [5.74, 6) is 0.708. The largest absolute Gasteiger partial charge is 0.309 e. The van der Waals surface area contributed by atoms with E-state index in [4.69, 9.17) is 11.6 Å². The Hall–Kier alpha value is -0.570. The highest BCUT2D eigenvalue weighted by Crippen LogP contribution is 2.27. The molecule has 0 fully saturated rings. The first kappa shape index (κ1) is 14.8. The molecule has 0 saturated carbocycles. The molecule has 1 aromatic carbocycles. The fraction of sp³-hybridized carbons (Fsp3) is 0.500. The zero-order valence-electron chi connectivity index (χ0n) is 11.9. The summed E-state index contributed by atoms with van der Waals surface area (Å²) >= 11 is 7.74. The van der Waals surface area contributed by atoms with Crippen molar-refractivity contribution in [3.63, 3.8) is 0 Å². The van der Waals surface area contributed by atoms with Crippen LogP contribution in [-0.4, -0.2) is 11.9 Å². The van der Waals surface area contributed by atoms with E-state index >= 15 is 0 Å². The Morgan fingerprint density at radius 1 is 1.26 bits per heavy atom. The predicted molar refractivity (Wildman–Crippen MR) is 87.2 cm³/mol. The molecule has 0 aliphatic rings. The molecule has 1 unspecified atom stereocenters. The number of nitrogens with one attached hydrogen (secondary N) is 1. The van der Waals surface area contributed by atoms with Crippen molar-refractivity contribution in [1.29, 1.82) is 0 Å². The zero-order chi connectivity index (χ0) is 13.9. The maximum Gasteiger partial charge on any atom is 0.0346 e. The summed E-state index contributed by atoms with van der Waals surface area (Å²) in [6.45, 7) is 7.72. The van der Waals surface area contributed by atoms with Gasteiger partial charge in [-0.05, 0) is 34.2 Å². The van der Waals surface area contributed by atoms with Crippen molar-refractivity contribution in [3.05, 3.63) is 35.2 Å². The first-order chi connectivity index (χ1) is 9.02. The number of rotatable bonds is 5. The summed E-state index contributed by atoms with van der Waals surface area (Å²) in [5.41, 5.74) is 1.63. The van der Waals surface area contributed by atoms with Crippen LogP contribution in [0.3, 0.4) is 0 Å². The Kier molecular flexibility index (Phi) is 4.88. The molecule has 2 aromatic rings. The normalized spacial score (nSPS) is 13.9. The van der Waals surface area contributed by atoms with E-state index in [0.29, 0.717) is 11.9 Å². The lowest BCUT2D eigenvalue weighted by Gasteiger charge is -2.31. The first-order valence-electron chi connectivity index (χ1n) is 6.77. The fourth-order valence-electron chi connectivity index (χ4n) is 2.35. The molecule has 0 radical (unpaired) electrons. The molecule has 0 saturated heterocycles.